The van der Waals surface area contributed by atoms with E-state index in [4.69, 9.17) is 9.47 Å². The normalized spacial score (nSPS) is 26.5. The second-order valence-corrected chi connectivity index (χ2v) is 4.92. The van der Waals surface area contributed by atoms with E-state index in [0.29, 0.717) is 12.8 Å². The molecular weight excluding hydrogens is 264 g/mol. The van der Waals surface area contributed by atoms with Gasteiger partial charge in [0.25, 0.3) is 18.6 Å². The molecule has 6 heteroatoms. The molecular formula is C13H22F4O2. The molecule has 0 N–H and O–H groups in total. The van der Waals surface area contributed by atoms with Crippen LogP contribution in [0.5, 0.6) is 0 Å². The number of rotatable bonds is 8. The van der Waals surface area contributed by atoms with Crippen LogP contribution in [0, 0.1) is 0 Å². The van der Waals surface area contributed by atoms with Gasteiger partial charge in [0.1, 0.15) is 0 Å². The molecule has 2 nitrogen and oxygen atoms in total. The first-order valence-corrected chi connectivity index (χ1v) is 6.89. The van der Waals surface area contributed by atoms with Crippen LogP contribution >= 0.6 is 0 Å². The second kappa shape index (κ2) is 7.43. The molecule has 1 aliphatic rings. The van der Waals surface area contributed by atoms with Gasteiger partial charge in [-0.1, -0.05) is 39.5 Å². The van der Waals surface area contributed by atoms with Crippen LogP contribution in [0.25, 0.3) is 0 Å². The van der Waals surface area contributed by atoms with Crippen molar-refractivity contribution in [1.29, 1.82) is 0 Å². The number of hydrogen-bond acceptors (Lipinski definition) is 2. The van der Waals surface area contributed by atoms with E-state index in [2.05, 4.69) is 0 Å². The highest BCUT2D eigenvalue weighted by molar-refractivity contribution is 4.89. The summed E-state index contributed by atoms with van der Waals surface area (Å²) in [5, 5.41) is 0. The molecule has 0 aromatic heterocycles. The first-order valence-electron chi connectivity index (χ1n) is 6.89. The molecule has 19 heavy (non-hydrogen) atoms. The summed E-state index contributed by atoms with van der Waals surface area (Å²) in [4.78, 5) is 0. The molecule has 1 saturated heterocycles. The van der Waals surface area contributed by atoms with Gasteiger partial charge in [0.05, 0.1) is 12.2 Å². The van der Waals surface area contributed by atoms with E-state index in [1.165, 1.54) is 0 Å². The maximum Gasteiger partial charge on any atom is 0.297 e. The van der Waals surface area contributed by atoms with Gasteiger partial charge in [0.15, 0.2) is 0 Å². The van der Waals surface area contributed by atoms with Gasteiger partial charge in [0.2, 0.25) is 0 Å². The van der Waals surface area contributed by atoms with Gasteiger partial charge < -0.3 is 9.47 Å². The zero-order valence-electron chi connectivity index (χ0n) is 11.4. The summed E-state index contributed by atoms with van der Waals surface area (Å²) in [6, 6.07) is 0. The van der Waals surface area contributed by atoms with E-state index < -0.39 is 30.8 Å². The van der Waals surface area contributed by atoms with Crippen molar-refractivity contribution in [3.63, 3.8) is 0 Å². The Morgan fingerprint density at radius 3 is 1.47 bits per heavy atom. The Kier molecular flexibility index (Phi) is 6.53. The number of halogens is 4. The largest absolute Gasteiger partial charge is 0.335 e. The van der Waals surface area contributed by atoms with Crippen LogP contribution in [-0.2, 0) is 9.47 Å². The van der Waals surface area contributed by atoms with Crippen molar-refractivity contribution in [1.82, 2.24) is 0 Å². The summed E-state index contributed by atoms with van der Waals surface area (Å²) in [6.45, 7) is 3.90. The Hall–Kier alpha value is -0.360. The third kappa shape index (κ3) is 3.81. The Labute approximate surface area is 111 Å². The monoisotopic (exact) mass is 286 g/mol. The molecule has 1 aliphatic heterocycles. The van der Waals surface area contributed by atoms with E-state index >= 15 is 0 Å². The van der Waals surface area contributed by atoms with Gasteiger partial charge in [0, 0.05) is 0 Å². The predicted molar refractivity (Wildman–Crippen MR) is 63.5 cm³/mol. The smallest absolute Gasteiger partial charge is 0.297 e. The fraction of sp³-hybridized carbons (Fsp3) is 1.00. The molecule has 0 radical (unpaired) electrons. The fourth-order valence-electron chi connectivity index (χ4n) is 2.25. The third-order valence-corrected chi connectivity index (χ3v) is 3.38. The van der Waals surface area contributed by atoms with Gasteiger partial charge in [-0.15, -0.1) is 0 Å². The van der Waals surface area contributed by atoms with Crippen LogP contribution < -0.4 is 0 Å². The summed E-state index contributed by atoms with van der Waals surface area (Å²) >= 11 is 0. The van der Waals surface area contributed by atoms with Gasteiger partial charge in [-0.25, -0.2) is 17.6 Å². The maximum absolute atomic E-state index is 12.9. The molecule has 0 spiro atoms. The van der Waals surface area contributed by atoms with Gasteiger partial charge in [-0.3, -0.25) is 0 Å². The summed E-state index contributed by atoms with van der Waals surface area (Å²) < 4.78 is 61.6. The lowest BCUT2D eigenvalue weighted by molar-refractivity contribution is -0.303. The Bertz CT molecular complexity index is 235. The highest BCUT2D eigenvalue weighted by Gasteiger charge is 2.60. The molecule has 0 aromatic carbocycles. The standard InChI is InChI=1S/C13H22F4O2/c1-3-5-7-9-10(8-6-4-2)19-13(18-9,11(14)15)12(16)17/h9-12H,3-8H2,1-2H3/t9-,10+. The van der Waals surface area contributed by atoms with Crippen LogP contribution in [-0.4, -0.2) is 30.8 Å². The molecule has 0 unspecified atom stereocenters. The molecule has 1 rings (SSSR count). The lowest BCUT2D eigenvalue weighted by Crippen LogP contribution is -2.46. The van der Waals surface area contributed by atoms with Crippen molar-refractivity contribution in [2.45, 2.75) is 83.2 Å². The molecule has 1 fully saturated rings. The molecule has 2 atom stereocenters. The molecule has 1 heterocycles. The van der Waals surface area contributed by atoms with E-state index in [-0.39, 0.29) is 0 Å². The molecule has 0 bridgehead atoms. The summed E-state index contributed by atoms with van der Waals surface area (Å²) in [5.74, 6) is -3.03. The minimum absolute atomic E-state index is 0.478. The average molecular weight is 286 g/mol. The Morgan fingerprint density at radius 2 is 1.21 bits per heavy atom. The maximum atomic E-state index is 12.9. The van der Waals surface area contributed by atoms with E-state index in [1.807, 2.05) is 13.8 Å². The molecule has 0 amide bonds. The number of ether oxygens (including phenoxy) is 2. The lowest BCUT2D eigenvalue weighted by Gasteiger charge is -2.26. The second-order valence-electron chi connectivity index (χ2n) is 4.92. The zero-order valence-corrected chi connectivity index (χ0v) is 11.4. The minimum atomic E-state index is -3.34. The highest BCUT2D eigenvalue weighted by Crippen LogP contribution is 2.41. The number of alkyl halides is 4. The van der Waals surface area contributed by atoms with E-state index in [1.54, 1.807) is 0 Å². The number of hydrogen-bond donors (Lipinski definition) is 0. The topological polar surface area (TPSA) is 18.5 Å². The van der Waals surface area contributed by atoms with Crippen LogP contribution in [0.2, 0.25) is 0 Å². The lowest BCUT2D eigenvalue weighted by atomic mass is 10.0. The third-order valence-electron chi connectivity index (χ3n) is 3.38. The fourth-order valence-corrected chi connectivity index (χ4v) is 2.25. The molecule has 0 aliphatic carbocycles. The van der Waals surface area contributed by atoms with Crippen molar-refractivity contribution in [2.75, 3.05) is 0 Å². The van der Waals surface area contributed by atoms with Gasteiger partial charge in [-0.05, 0) is 12.8 Å². The molecule has 0 aromatic rings. The minimum Gasteiger partial charge on any atom is -0.335 e. The zero-order chi connectivity index (χ0) is 14.5. The van der Waals surface area contributed by atoms with Crippen molar-refractivity contribution >= 4 is 0 Å². The summed E-state index contributed by atoms with van der Waals surface area (Å²) in [6.07, 6.45) is -3.83. The van der Waals surface area contributed by atoms with Crippen LogP contribution in [0.4, 0.5) is 17.6 Å². The van der Waals surface area contributed by atoms with Crippen molar-refractivity contribution in [3.8, 4) is 0 Å². The molecule has 114 valence electrons. The Balaban J connectivity index is 2.77. The van der Waals surface area contributed by atoms with E-state index in [9.17, 15) is 17.6 Å². The van der Waals surface area contributed by atoms with Gasteiger partial charge >= 0.3 is 0 Å². The van der Waals surface area contributed by atoms with Crippen molar-refractivity contribution < 1.29 is 27.0 Å². The predicted octanol–water partition coefficient (Wildman–Crippen LogP) is 4.38. The molecule has 0 saturated carbocycles. The average Bonchev–Trinajstić information content (AvgIpc) is 2.74. The van der Waals surface area contributed by atoms with Gasteiger partial charge in [-0.2, -0.15) is 0 Å². The van der Waals surface area contributed by atoms with Crippen molar-refractivity contribution in [2.24, 2.45) is 0 Å². The quantitative estimate of drug-likeness (QED) is 0.617. The SMILES string of the molecule is CCCC[C@@H]1OC(C(F)F)(C(F)F)O[C@@H]1CCCC. The first kappa shape index (κ1) is 16.7. The summed E-state index contributed by atoms with van der Waals surface area (Å²) in [7, 11) is 0. The van der Waals surface area contributed by atoms with Crippen LogP contribution in [0.1, 0.15) is 52.4 Å². The van der Waals surface area contributed by atoms with Crippen LogP contribution in [0.15, 0.2) is 0 Å². The highest BCUT2D eigenvalue weighted by atomic mass is 19.3. The van der Waals surface area contributed by atoms with E-state index in [0.717, 1.165) is 25.7 Å². The Morgan fingerprint density at radius 1 is 0.842 bits per heavy atom. The van der Waals surface area contributed by atoms with Crippen molar-refractivity contribution in [3.05, 3.63) is 0 Å². The summed E-state index contributed by atoms with van der Waals surface area (Å²) in [5.41, 5.74) is 0. The first-order chi connectivity index (χ1) is 8.97. The number of unbranched alkanes of at least 4 members (excludes halogenated alkanes) is 2. The van der Waals surface area contributed by atoms with Crippen LogP contribution in [0.3, 0.4) is 0 Å².